The van der Waals surface area contributed by atoms with Crippen LogP contribution in [-0.2, 0) is 0 Å². The molecule has 5 heteroatoms. The van der Waals surface area contributed by atoms with Crippen molar-refractivity contribution in [1.82, 2.24) is 0 Å². The number of nitrogens with zero attached hydrogens (tertiary/aromatic N) is 1. The van der Waals surface area contributed by atoms with Gasteiger partial charge in [-0.15, -0.1) is 6.42 Å². The standard InChI is InChI=1S/C21H19NO4/c1-5-10-26-19-8-6-15(12-20(19)24-3)11-17(14-22)16-7-9-18(23-2)21(13-16)25-4/h1,6-9,11-13H,10H2,2-4H3/b17-11+. The number of hydrogen-bond acceptors (Lipinski definition) is 5. The summed E-state index contributed by atoms with van der Waals surface area (Å²) in [6.45, 7) is 0.153. The van der Waals surface area contributed by atoms with Crippen molar-refractivity contribution in [2.24, 2.45) is 0 Å². The van der Waals surface area contributed by atoms with E-state index in [4.69, 9.17) is 25.4 Å². The zero-order chi connectivity index (χ0) is 18.9. The molecule has 2 aromatic rings. The maximum Gasteiger partial charge on any atom is 0.162 e. The fraction of sp³-hybridized carbons (Fsp3) is 0.190. The number of rotatable bonds is 7. The molecule has 0 heterocycles. The predicted octanol–water partition coefficient (Wildman–Crippen LogP) is 3.79. The highest BCUT2D eigenvalue weighted by Crippen LogP contribution is 2.32. The van der Waals surface area contributed by atoms with Crippen LogP contribution >= 0.6 is 0 Å². The lowest BCUT2D eigenvalue weighted by atomic mass is 10.0. The summed E-state index contributed by atoms with van der Waals surface area (Å²) in [6.07, 6.45) is 6.97. The number of hydrogen-bond donors (Lipinski definition) is 0. The van der Waals surface area contributed by atoms with Crippen molar-refractivity contribution in [3.05, 3.63) is 47.5 Å². The molecule has 0 spiro atoms. The van der Waals surface area contributed by atoms with Gasteiger partial charge in [0, 0.05) is 0 Å². The normalized spacial score (nSPS) is 10.4. The average molecular weight is 349 g/mol. The van der Waals surface area contributed by atoms with Gasteiger partial charge in [-0.2, -0.15) is 5.26 Å². The molecule has 0 aliphatic carbocycles. The summed E-state index contributed by atoms with van der Waals surface area (Å²) in [7, 11) is 4.66. The third kappa shape index (κ3) is 4.28. The number of benzene rings is 2. The molecule has 0 saturated carbocycles. The predicted molar refractivity (Wildman–Crippen MR) is 100 cm³/mol. The number of terminal acetylenes is 1. The Morgan fingerprint density at radius 2 is 1.62 bits per heavy atom. The third-order valence-corrected chi connectivity index (χ3v) is 3.62. The first-order chi connectivity index (χ1) is 12.7. The average Bonchev–Trinajstić information content (AvgIpc) is 2.70. The summed E-state index contributed by atoms with van der Waals surface area (Å²) in [5.74, 6) is 4.66. The van der Waals surface area contributed by atoms with E-state index in [9.17, 15) is 5.26 Å². The monoisotopic (exact) mass is 349 g/mol. The van der Waals surface area contributed by atoms with Gasteiger partial charge in [0.1, 0.15) is 6.61 Å². The van der Waals surface area contributed by atoms with Crippen LogP contribution in [0.5, 0.6) is 23.0 Å². The first kappa shape index (κ1) is 18.8. The van der Waals surface area contributed by atoms with Gasteiger partial charge in [0.05, 0.1) is 33.0 Å². The highest BCUT2D eigenvalue weighted by Gasteiger charge is 2.09. The van der Waals surface area contributed by atoms with Crippen molar-refractivity contribution in [2.75, 3.05) is 27.9 Å². The fourth-order valence-corrected chi connectivity index (χ4v) is 2.36. The van der Waals surface area contributed by atoms with Crippen LogP contribution in [0.25, 0.3) is 11.6 Å². The summed E-state index contributed by atoms with van der Waals surface area (Å²) in [5.41, 5.74) is 1.99. The molecule has 2 aromatic carbocycles. The van der Waals surface area contributed by atoms with Crippen LogP contribution in [0.1, 0.15) is 11.1 Å². The minimum atomic E-state index is 0.153. The Hall–Kier alpha value is -3.57. The quantitative estimate of drug-likeness (QED) is 0.432. The van der Waals surface area contributed by atoms with Gasteiger partial charge in [0.2, 0.25) is 0 Å². The first-order valence-corrected chi connectivity index (χ1v) is 7.75. The largest absolute Gasteiger partial charge is 0.493 e. The second-order valence-corrected chi connectivity index (χ2v) is 5.14. The molecule has 0 atom stereocenters. The van der Waals surface area contributed by atoms with Crippen molar-refractivity contribution < 1.29 is 18.9 Å². The fourth-order valence-electron chi connectivity index (χ4n) is 2.36. The lowest BCUT2D eigenvalue weighted by Crippen LogP contribution is -1.97. The second kappa shape index (κ2) is 9.05. The SMILES string of the molecule is C#CCOc1ccc(/C=C(\C#N)c2ccc(OC)c(OC)c2)cc1OC. The highest BCUT2D eigenvalue weighted by molar-refractivity contribution is 5.90. The second-order valence-electron chi connectivity index (χ2n) is 5.14. The van der Waals surface area contributed by atoms with E-state index in [-0.39, 0.29) is 6.61 Å². The Labute approximate surface area is 153 Å². The topological polar surface area (TPSA) is 60.7 Å². The Bertz CT molecular complexity index is 888. The van der Waals surface area contributed by atoms with Crippen molar-refractivity contribution >= 4 is 11.6 Å². The molecule has 0 aliphatic heterocycles. The maximum absolute atomic E-state index is 9.56. The molecule has 132 valence electrons. The zero-order valence-electron chi connectivity index (χ0n) is 14.9. The molecule has 0 aromatic heterocycles. The van der Waals surface area contributed by atoms with E-state index >= 15 is 0 Å². The van der Waals surface area contributed by atoms with Gasteiger partial charge >= 0.3 is 0 Å². The Morgan fingerprint density at radius 3 is 2.23 bits per heavy atom. The van der Waals surface area contributed by atoms with Crippen molar-refractivity contribution in [3.8, 4) is 41.4 Å². The van der Waals surface area contributed by atoms with Gasteiger partial charge in [-0.05, 0) is 47.5 Å². The Kier molecular flexibility index (Phi) is 6.53. The smallest absolute Gasteiger partial charge is 0.162 e. The third-order valence-electron chi connectivity index (χ3n) is 3.62. The molecular weight excluding hydrogens is 330 g/mol. The van der Waals surface area contributed by atoms with Crippen molar-refractivity contribution in [2.45, 2.75) is 0 Å². The van der Waals surface area contributed by atoms with E-state index in [1.807, 2.05) is 6.07 Å². The molecule has 5 nitrogen and oxygen atoms in total. The van der Waals surface area contributed by atoms with Gasteiger partial charge in [-0.25, -0.2) is 0 Å². The van der Waals surface area contributed by atoms with Crippen LogP contribution in [-0.4, -0.2) is 27.9 Å². The van der Waals surface area contributed by atoms with E-state index in [0.29, 0.717) is 28.6 Å². The molecule has 0 aliphatic rings. The van der Waals surface area contributed by atoms with Gasteiger partial charge in [-0.3, -0.25) is 0 Å². The molecule has 0 N–H and O–H groups in total. The number of allylic oxidation sites excluding steroid dienone is 1. The zero-order valence-corrected chi connectivity index (χ0v) is 14.9. The Morgan fingerprint density at radius 1 is 0.962 bits per heavy atom. The molecule has 0 amide bonds. The maximum atomic E-state index is 9.56. The van der Waals surface area contributed by atoms with Crippen molar-refractivity contribution in [3.63, 3.8) is 0 Å². The highest BCUT2D eigenvalue weighted by atomic mass is 16.5. The molecule has 0 fully saturated rings. The number of nitriles is 1. The first-order valence-electron chi connectivity index (χ1n) is 7.75. The summed E-state index contributed by atoms with van der Waals surface area (Å²) < 4.78 is 21.3. The molecule has 0 saturated heterocycles. The van der Waals surface area contributed by atoms with Crippen LogP contribution in [0.3, 0.4) is 0 Å². The van der Waals surface area contributed by atoms with Gasteiger partial charge in [0.25, 0.3) is 0 Å². The van der Waals surface area contributed by atoms with E-state index < -0.39 is 0 Å². The summed E-state index contributed by atoms with van der Waals surface area (Å²) >= 11 is 0. The molecule has 0 bridgehead atoms. The molecular formula is C21H19NO4. The summed E-state index contributed by atoms with van der Waals surface area (Å²) in [5, 5.41) is 9.56. The van der Waals surface area contributed by atoms with E-state index in [1.165, 1.54) is 0 Å². The van der Waals surface area contributed by atoms with Crippen LogP contribution in [0, 0.1) is 23.7 Å². The van der Waals surface area contributed by atoms with Crippen LogP contribution in [0.15, 0.2) is 36.4 Å². The van der Waals surface area contributed by atoms with Crippen LogP contribution < -0.4 is 18.9 Å². The molecule has 0 radical (unpaired) electrons. The summed E-state index contributed by atoms with van der Waals surface area (Å²) in [6, 6.07) is 12.9. The minimum Gasteiger partial charge on any atom is -0.493 e. The van der Waals surface area contributed by atoms with Gasteiger partial charge < -0.3 is 18.9 Å². The number of ether oxygens (including phenoxy) is 4. The molecule has 2 rings (SSSR count). The van der Waals surface area contributed by atoms with Crippen LogP contribution in [0.2, 0.25) is 0 Å². The molecule has 0 unspecified atom stereocenters. The lowest BCUT2D eigenvalue weighted by molar-refractivity contribution is 0.331. The van der Waals surface area contributed by atoms with E-state index in [0.717, 1.165) is 11.1 Å². The summed E-state index contributed by atoms with van der Waals surface area (Å²) in [4.78, 5) is 0. The lowest BCUT2D eigenvalue weighted by Gasteiger charge is -2.10. The van der Waals surface area contributed by atoms with Crippen molar-refractivity contribution in [1.29, 1.82) is 5.26 Å². The van der Waals surface area contributed by atoms with Crippen LogP contribution in [0.4, 0.5) is 0 Å². The van der Waals surface area contributed by atoms with Gasteiger partial charge in [-0.1, -0.05) is 12.0 Å². The number of methoxy groups -OCH3 is 3. The Balaban J connectivity index is 2.40. The molecule has 26 heavy (non-hydrogen) atoms. The van der Waals surface area contributed by atoms with E-state index in [2.05, 4.69) is 12.0 Å². The van der Waals surface area contributed by atoms with E-state index in [1.54, 1.807) is 57.7 Å². The minimum absolute atomic E-state index is 0.153. The van der Waals surface area contributed by atoms with Gasteiger partial charge in [0.15, 0.2) is 23.0 Å².